The SMILES string of the molecule is CCN(CC)c1ccc(-c2ccccc2)c(-c2nc(Cl)nc(Cl)n2)c1. The van der Waals surface area contributed by atoms with Crippen LogP contribution < -0.4 is 4.90 Å². The van der Waals surface area contributed by atoms with Crippen molar-refractivity contribution in [1.29, 1.82) is 0 Å². The Morgan fingerprint density at radius 2 is 1.44 bits per heavy atom. The molecule has 1 heterocycles. The van der Waals surface area contributed by atoms with Crippen molar-refractivity contribution in [3.8, 4) is 22.5 Å². The number of nitrogens with zero attached hydrogens (tertiary/aromatic N) is 4. The van der Waals surface area contributed by atoms with Crippen LogP contribution in [0.25, 0.3) is 22.5 Å². The van der Waals surface area contributed by atoms with Crippen LogP contribution in [0.3, 0.4) is 0 Å². The van der Waals surface area contributed by atoms with E-state index >= 15 is 0 Å². The molecule has 0 spiro atoms. The Kier molecular flexibility index (Phi) is 5.51. The van der Waals surface area contributed by atoms with Crippen molar-refractivity contribution in [2.75, 3.05) is 18.0 Å². The number of hydrogen-bond acceptors (Lipinski definition) is 4. The average molecular weight is 373 g/mol. The molecule has 4 nitrogen and oxygen atoms in total. The van der Waals surface area contributed by atoms with Crippen LogP contribution in [0.15, 0.2) is 48.5 Å². The molecule has 0 bridgehead atoms. The molecular formula is C19H18Cl2N4. The van der Waals surface area contributed by atoms with E-state index in [9.17, 15) is 0 Å². The molecule has 0 N–H and O–H groups in total. The molecule has 0 atom stereocenters. The van der Waals surface area contributed by atoms with E-state index in [0.29, 0.717) is 5.82 Å². The van der Waals surface area contributed by atoms with Gasteiger partial charge in [0.1, 0.15) is 0 Å². The van der Waals surface area contributed by atoms with Gasteiger partial charge in [-0.2, -0.15) is 15.0 Å². The highest BCUT2D eigenvalue weighted by atomic mass is 35.5. The van der Waals surface area contributed by atoms with Crippen LogP contribution in [0.4, 0.5) is 5.69 Å². The summed E-state index contributed by atoms with van der Waals surface area (Å²) in [6.07, 6.45) is 0. The molecule has 3 rings (SSSR count). The summed E-state index contributed by atoms with van der Waals surface area (Å²) < 4.78 is 0. The molecule has 1 aromatic heterocycles. The minimum atomic E-state index is 0.0854. The van der Waals surface area contributed by atoms with Gasteiger partial charge in [0.25, 0.3) is 0 Å². The van der Waals surface area contributed by atoms with Crippen LogP contribution in [-0.4, -0.2) is 28.0 Å². The maximum atomic E-state index is 6.00. The first-order valence-corrected chi connectivity index (χ1v) is 8.89. The first kappa shape index (κ1) is 17.6. The Labute approximate surface area is 157 Å². The third-order valence-corrected chi connectivity index (χ3v) is 4.38. The lowest BCUT2D eigenvalue weighted by molar-refractivity contribution is 0.866. The van der Waals surface area contributed by atoms with Crippen molar-refractivity contribution in [1.82, 2.24) is 15.0 Å². The maximum Gasteiger partial charge on any atom is 0.227 e. The molecule has 2 aromatic carbocycles. The van der Waals surface area contributed by atoms with Crippen LogP contribution in [0.5, 0.6) is 0 Å². The number of benzene rings is 2. The average Bonchev–Trinajstić information content (AvgIpc) is 2.62. The fourth-order valence-corrected chi connectivity index (χ4v) is 3.18. The lowest BCUT2D eigenvalue weighted by Gasteiger charge is -2.22. The fraction of sp³-hybridized carbons (Fsp3) is 0.211. The topological polar surface area (TPSA) is 41.9 Å². The number of hydrogen-bond donors (Lipinski definition) is 0. The molecule has 0 saturated heterocycles. The van der Waals surface area contributed by atoms with E-state index in [1.807, 2.05) is 18.2 Å². The molecule has 0 aliphatic carbocycles. The van der Waals surface area contributed by atoms with E-state index in [-0.39, 0.29) is 10.6 Å². The monoisotopic (exact) mass is 372 g/mol. The first-order chi connectivity index (χ1) is 12.1. The van der Waals surface area contributed by atoms with Gasteiger partial charge in [-0.05, 0) is 60.3 Å². The summed E-state index contributed by atoms with van der Waals surface area (Å²) in [4.78, 5) is 14.7. The van der Waals surface area contributed by atoms with E-state index in [1.54, 1.807) is 0 Å². The van der Waals surface area contributed by atoms with Gasteiger partial charge in [-0.3, -0.25) is 0 Å². The van der Waals surface area contributed by atoms with Crippen molar-refractivity contribution in [2.45, 2.75) is 13.8 Å². The molecule has 0 unspecified atom stereocenters. The van der Waals surface area contributed by atoms with Gasteiger partial charge in [0, 0.05) is 24.3 Å². The number of rotatable bonds is 5. The van der Waals surface area contributed by atoms with Gasteiger partial charge in [-0.1, -0.05) is 36.4 Å². The predicted molar refractivity (Wildman–Crippen MR) is 104 cm³/mol. The molecule has 0 amide bonds. The van der Waals surface area contributed by atoms with Gasteiger partial charge < -0.3 is 4.90 Å². The highest BCUT2D eigenvalue weighted by Gasteiger charge is 2.15. The van der Waals surface area contributed by atoms with Crippen LogP contribution in [-0.2, 0) is 0 Å². The lowest BCUT2D eigenvalue weighted by atomic mass is 9.98. The molecule has 0 aliphatic rings. The van der Waals surface area contributed by atoms with Crippen molar-refractivity contribution in [3.05, 3.63) is 59.1 Å². The summed E-state index contributed by atoms with van der Waals surface area (Å²) in [5.74, 6) is 0.470. The highest BCUT2D eigenvalue weighted by Crippen LogP contribution is 2.34. The second-order valence-corrected chi connectivity index (χ2v) is 6.14. The van der Waals surface area contributed by atoms with E-state index in [4.69, 9.17) is 23.2 Å². The third kappa shape index (κ3) is 3.91. The molecule has 0 saturated carbocycles. The number of anilines is 1. The van der Waals surface area contributed by atoms with Crippen LogP contribution in [0.1, 0.15) is 13.8 Å². The van der Waals surface area contributed by atoms with Crippen LogP contribution in [0, 0.1) is 0 Å². The van der Waals surface area contributed by atoms with Crippen LogP contribution in [0.2, 0.25) is 10.6 Å². The van der Waals surface area contributed by atoms with Gasteiger partial charge >= 0.3 is 0 Å². The van der Waals surface area contributed by atoms with E-state index < -0.39 is 0 Å². The third-order valence-electron chi connectivity index (χ3n) is 4.04. The molecule has 0 aliphatic heterocycles. The van der Waals surface area contributed by atoms with Gasteiger partial charge in [-0.15, -0.1) is 0 Å². The zero-order valence-electron chi connectivity index (χ0n) is 14.1. The zero-order chi connectivity index (χ0) is 17.8. The Bertz CT molecular complexity index is 844. The van der Waals surface area contributed by atoms with E-state index in [1.165, 1.54) is 0 Å². The van der Waals surface area contributed by atoms with E-state index in [2.05, 4.69) is 64.0 Å². The predicted octanol–water partition coefficient (Wildman–Crippen LogP) is 5.36. The van der Waals surface area contributed by atoms with Crippen molar-refractivity contribution < 1.29 is 0 Å². The highest BCUT2D eigenvalue weighted by molar-refractivity contribution is 6.31. The van der Waals surface area contributed by atoms with Gasteiger partial charge in [0.15, 0.2) is 5.82 Å². The fourth-order valence-electron chi connectivity index (χ4n) is 2.82. The summed E-state index contributed by atoms with van der Waals surface area (Å²) in [5.41, 5.74) is 4.08. The zero-order valence-corrected chi connectivity index (χ0v) is 15.6. The Balaban J connectivity index is 2.22. The summed E-state index contributed by atoms with van der Waals surface area (Å²) in [5, 5.41) is 0.171. The lowest BCUT2D eigenvalue weighted by Crippen LogP contribution is -2.21. The minimum absolute atomic E-state index is 0.0854. The first-order valence-electron chi connectivity index (χ1n) is 8.14. The molecular weight excluding hydrogens is 355 g/mol. The van der Waals surface area contributed by atoms with Crippen LogP contribution >= 0.6 is 23.2 Å². The number of aromatic nitrogens is 3. The molecule has 0 radical (unpaired) electrons. The molecule has 3 aromatic rings. The summed E-state index contributed by atoms with van der Waals surface area (Å²) in [7, 11) is 0. The van der Waals surface area contributed by atoms with Gasteiger partial charge in [0.2, 0.25) is 10.6 Å². The number of halogens is 2. The maximum absolute atomic E-state index is 6.00. The quantitative estimate of drug-likeness (QED) is 0.604. The minimum Gasteiger partial charge on any atom is -0.372 e. The van der Waals surface area contributed by atoms with Crippen molar-refractivity contribution in [2.24, 2.45) is 0 Å². The molecule has 6 heteroatoms. The second kappa shape index (κ2) is 7.81. The summed E-state index contributed by atoms with van der Waals surface area (Å²) in [6.45, 7) is 6.09. The van der Waals surface area contributed by atoms with Crippen molar-refractivity contribution >= 4 is 28.9 Å². The van der Waals surface area contributed by atoms with Gasteiger partial charge in [0.05, 0.1) is 0 Å². The van der Waals surface area contributed by atoms with Gasteiger partial charge in [-0.25, -0.2) is 0 Å². The standard InChI is InChI=1S/C19H18Cl2N4/c1-3-25(4-2)14-10-11-15(13-8-6-5-7-9-13)16(12-14)17-22-18(20)24-19(21)23-17/h5-12H,3-4H2,1-2H3. The second-order valence-electron chi connectivity index (χ2n) is 5.47. The smallest absolute Gasteiger partial charge is 0.227 e. The molecule has 25 heavy (non-hydrogen) atoms. The Hall–Kier alpha value is -2.17. The normalized spacial score (nSPS) is 10.7. The van der Waals surface area contributed by atoms with Crippen molar-refractivity contribution in [3.63, 3.8) is 0 Å². The molecule has 128 valence electrons. The Morgan fingerprint density at radius 1 is 0.800 bits per heavy atom. The largest absolute Gasteiger partial charge is 0.372 e. The van der Waals surface area contributed by atoms with E-state index in [0.717, 1.165) is 35.5 Å². The molecule has 0 fully saturated rings. The summed E-state index contributed by atoms with van der Waals surface area (Å²) in [6, 6.07) is 16.4. The summed E-state index contributed by atoms with van der Waals surface area (Å²) >= 11 is 12.0. The Morgan fingerprint density at radius 3 is 2.04 bits per heavy atom.